The maximum absolute atomic E-state index is 14.0. The van der Waals surface area contributed by atoms with Crippen LogP contribution < -0.4 is 21.3 Å². The van der Waals surface area contributed by atoms with Crippen molar-refractivity contribution in [2.75, 3.05) is 32.0 Å². The highest BCUT2D eigenvalue weighted by molar-refractivity contribution is 7.13. The van der Waals surface area contributed by atoms with Gasteiger partial charge in [0, 0.05) is 73.0 Å². The molecule has 5 aromatic rings. The molecule has 15 nitrogen and oxygen atoms in total. The molecular weight excluding hydrogens is 891 g/mol. The summed E-state index contributed by atoms with van der Waals surface area (Å²) < 4.78 is 0. The Morgan fingerprint density at radius 3 is 2.20 bits per heavy atom. The van der Waals surface area contributed by atoms with Gasteiger partial charge in [0.2, 0.25) is 17.7 Å². The smallest absolute Gasteiger partial charge is 0.256 e. The number of H-pyrrole nitrogens is 1. The van der Waals surface area contributed by atoms with Crippen molar-refractivity contribution in [3.63, 3.8) is 0 Å². The number of rotatable bonds is 21. The van der Waals surface area contributed by atoms with E-state index in [0.717, 1.165) is 96.2 Å². The number of nitrogens with one attached hydrogen (secondary N) is 5. The number of unbranched alkanes of at least 4 members (excludes halogenated alkanes) is 7. The van der Waals surface area contributed by atoms with Crippen molar-refractivity contribution in [2.45, 2.75) is 136 Å². The Kier molecular flexibility index (Phi) is 17.4. The molecule has 0 spiro atoms. The van der Waals surface area contributed by atoms with E-state index in [0.29, 0.717) is 42.4 Å². The molecule has 0 saturated carbocycles. The number of nitrogens with zero attached hydrogens (tertiary/aromatic N) is 4. The fraction of sp³-hybridized carbons (Fsp3) is 0.491. The molecule has 6 N–H and O–H groups in total. The number of likely N-dealkylation sites (tertiary alicyclic amines) is 2. The minimum absolute atomic E-state index is 0.0281. The molecule has 4 atom stereocenters. The Morgan fingerprint density at radius 2 is 1.55 bits per heavy atom. The quantitative estimate of drug-likeness (QED) is 0.0394. The zero-order valence-corrected chi connectivity index (χ0v) is 41.6. The first-order chi connectivity index (χ1) is 33.1. The molecule has 2 fully saturated rings. The molecule has 0 bridgehead atoms. The van der Waals surface area contributed by atoms with E-state index in [-0.39, 0.29) is 49.0 Å². The van der Waals surface area contributed by atoms with E-state index in [1.807, 2.05) is 63.5 Å². The molecule has 2 saturated heterocycles. The van der Waals surface area contributed by atoms with E-state index in [1.54, 1.807) is 41.8 Å². The lowest BCUT2D eigenvalue weighted by Gasteiger charge is -2.35. The summed E-state index contributed by atoms with van der Waals surface area (Å²) in [5.41, 5.74) is 7.17. The number of aromatic nitrogens is 3. The van der Waals surface area contributed by atoms with Crippen molar-refractivity contribution in [1.29, 1.82) is 0 Å². The van der Waals surface area contributed by atoms with Gasteiger partial charge in [0.05, 0.1) is 27.7 Å². The lowest BCUT2D eigenvalue weighted by atomic mass is 9.85. The van der Waals surface area contributed by atoms with Crippen LogP contribution in [0.5, 0.6) is 0 Å². The number of aliphatic hydroxyl groups excluding tert-OH is 1. The third-order valence-electron chi connectivity index (χ3n) is 13.4. The molecule has 5 amide bonds. The van der Waals surface area contributed by atoms with E-state index >= 15 is 0 Å². The first-order valence-electron chi connectivity index (χ1n) is 24.6. The van der Waals surface area contributed by atoms with Crippen molar-refractivity contribution in [3.8, 4) is 10.4 Å². The number of β-amino-alcohol motifs (C(OH)–C–C–N with tert-alkyl or cyclic N) is 1. The lowest BCUT2D eigenvalue weighted by Crippen LogP contribution is -2.57. The molecule has 16 heteroatoms. The van der Waals surface area contributed by atoms with Gasteiger partial charge < -0.3 is 36.3 Å². The second-order valence-electron chi connectivity index (χ2n) is 19.8. The summed E-state index contributed by atoms with van der Waals surface area (Å²) in [4.78, 5) is 83.5. The largest absolute Gasteiger partial charge is 0.391 e. The number of aliphatic hydroxyl groups is 1. The van der Waals surface area contributed by atoms with Crippen LogP contribution in [0.3, 0.4) is 0 Å². The van der Waals surface area contributed by atoms with E-state index in [4.69, 9.17) is 0 Å². The Balaban J connectivity index is 0.743. The number of pyridine rings is 1. The number of fused-ring (bicyclic) bond motifs is 1. The number of thiazole rings is 1. The molecule has 2 aliphatic rings. The highest BCUT2D eigenvalue weighted by Gasteiger charge is 2.44. The van der Waals surface area contributed by atoms with Gasteiger partial charge in [-0.15, -0.1) is 11.3 Å². The van der Waals surface area contributed by atoms with Crippen molar-refractivity contribution in [2.24, 2.45) is 5.41 Å². The predicted molar refractivity (Wildman–Crippen MR) is 271 cm³/mol. The van der Waals surface area contributed by atoms with E-state index < -0.39 is 23.6 Å². The average molecular weight is 960 g/mol. The highest BCUT2D eigenvalue weighted by atomic mass is 32.1. The van der Waals surface area contributed by atoms with Crippen LogP contribution in [-0.4, -0.2) is 104 Å². The van der Waals surface area contributed by atoms with Crippen molar-refractivity contribution < 1.29 is 29.1 Å². The second kappa shape index (κ2) is 23.6. The van der Waals surface area contributed by atoms with Crippen LogP contribution in [0.25, 0.3) is 21.3 Å². The number of amides is 5. The molecule has 5 heterocycles. The maximum atomic E-state index is 14.0. The normalized spacial score (nSPS) is 17.8. The van der Waals surface area contributed by atoms with Crippen molar-refractivity contribution >= 4 is 57.6 Å². The molecule has 2 aromatic carbocycles. The standard InChI is InChI=1S/C53H69N9O6S/c1-34-47(69-33-57-34)36-19-17-35(18-20-36)30-56-51(67)44-28-40(63)32-62(44)52(68)48(53(2,3)4)60-46(64)16-12-10-8-6-7-9-11-13-25-54-49(65)37-21-23-38(24-22-37)50(66)59-45-29-41-39(31-55-45)27-42(58-41)43-15-14-26-61(43)5/h17-24,27,29,31,33,40,43-44,48,58,63H,6-16,25-26,28,30,32H2,1-5H3,(H,54,65)(H,56,67)(H,60,64)(H,55,59,66)/t40-,43+,44+,48-/m1/s1. The number of aromatic amines is 1. The summed E-state index contributed by atoms with van der Waals surface area (Å²) in [7, 11) is 2.14. The van der Waals surface area contributed by atoms with Gasteiger partial charge in [0.15, 0.2) is 0 Å². The highest BCUT2D eigenvalue weighted by Crippen LogP contribution is 2.33. The third kappa shape index (κ3) is 13.6. The zero-order valence-electron chi connectivity index (χ0n) is 40.7. The summed E-state index contributed by atoms with van der Waals surface area (Å²) in [6.45, 7) is 9.59. The number of benzene rings is 2. The summed E-state index contributed by atoms with van der Waals surface area (Å²) in [5, 5.41) is 23.4. The average Bonchev–Trinajstić information content (AvgIpc) is 4.15. The molecule has 2 aliphatic heterocycles. The summed E-state index contributed by atoms with van der Waals surface area (Å²) >= 11 is 1.58. The molecule has 368 valence electrons. The number of anilines is 1. The van der Waals surface area contributed by atoms with Gasteiger partial charge in [-0.25, -0.2) is 9.97 Å². The summed E-state index contributed by atoms with van der Waals surface area (Å²) in [6.07, 6.45) is 11.3. The molecule has 3 aromatic heterocycles. The van der Waals surface area contributed by atoms with E-state index in [9.17, 15) is 29.1 Å². The van der Waals surface area contributed by atoms with E-state index in [2.05, 4.69) is 54.2 Å². The number of carbonyl (C=O) groups excluding carboxylic acids is 5. The number of carbonyl (C=O) groups is 5. The Morgan fingerprint density at radius 1 is 0.870 bits per heavy atom. The second-order valence-corrected chi connectivity index (χ2v) is 20.7. The Labute approximate surface area is 409 Å². The minimum atomic E-state index is -0.856. The van der Waals surface area contributed by atoms with Gasteiger partial charge in [-0.3, -0.25) is 28.9 Å². The van der Waals surface area contributed by atoms with Gasteiger partial charge in [0.1, 0.15) is 17.9 Å². The van der Waals surface area contributed by atoms with Crippen LogP contribution in [-0.2, 0) is 20.9 Å². The van der Waals surface area contributed by atoms with E-state index in [1.165, 1.54) is 11.3 Å². The fourth-order valence-corrected chi connectivity index (χ4v) is 10.2. The monoisotopic (exact) mass is 960 g/mol. The summed E-state index contributed by atoms with van der Waals surface area (Å²) in [6, 6.07) is 17.2. The van der Waals surface area contributed by atoms with Gasteiger partial charge in [0.25, 0.3) is 11.8 Å². The fourth-order valence-electron chi connectivity index (χ4n) is 9.35. The van der Waals surface area contributed by atoms with Gasteiger partial charge >= 0.3 is 0 Å². The number of hydrogen-bond acceptors (Lipinski definition) is 10. The van der Waals surface area contributed by atoms with Crippen LogP contribution in [0.2, 0.25) is 0 Å². The van der Waals surface area contributed by atoms with Crippen LogP contribution in [0.1, 0.15) is 142 Å². The predicted octanol–water partition coefficient (Wildman–Crippen LogP) is 8.06. The zero-order chi connectivity index (χ0) is 49.1. The lowest BCUT2D eigenvalue weighted by molar-refractivity contribution is -0.144. The van der Waals surface area contributed by atoms with Crippen molar-refractivity contribution in [1.82, 2.24) is 40.7 Å². The van der Waals surface area contributed by atoms with Gasteiger partial charge in [-0.2, -0.15) is 0 Å². The molecule has 7 rings (SSSR count). The molecule has 0 aliphatic carbocycles. The maximum Gasteiger partial charge on any atom is 0.256 e. The third-order valence-corrected chi connectivity index (χ3v) is 14.4. The van der Waals surface area contributed by atoms with Crippen LogP contribution in [0.4, 0.5) is 5.82 Å². The first kappa shape index (κ1) is 50.9. The first-order valence-corrected chi connectivity index (χ1v) is 25.5. The summed E-state index contributed by atoms with van der Waals surface area (Å²) in [5.74, 6) is -0.920. The molecular formula is C53H69N9O6S. The van der Waals surface area contributed by atoms with Crippen LogP contribution in [0, 0.1) is 12.3 Å². The SMILES string of the molecule is Cc1ncsc1-c1ccc(CNC(=O)[C@@H]2C[C@@H](O)CN2C(=O)[C@@H](NC(=O)CCCCCCCCCCNC(=O)c2ccc(C(=O)Nc3cc4[nH]c([C@@H]5CCCN5C)cc4cn3)cc2)C(C)(C)C)cc1. The molecule has 0 unspecified atom stereocenters. The minimum Gasteiger partial charge on any atom is -0.391 e. The van der Waals surface area contributed by atoms with Crippen LogP contribution >= 0.6 is 11.3 Å². The molecule has 0 radical (unpaired) electrons. The van der Waals surface area contributed by atoms with Crippen LogP contribution in [0.15, 0.2) is 72.4 Å². The van der Waals surface area contributed by atoms with Gasteiger partial charge in [-0.05, 0) is 93.1 Å². The van der Waals surface area contributed by atoms with Crippen molar-refractivity contribution in [3.05, 3.63) is 100 Å². The van der Waals surface area contributed by atoms with Gasteiger partial charge in [-0.1, -0.05) is 83.6 Å². The topological polar surface area (TPSA) is 202 Å². The number of hydrogen-bond donors (Lipinski definition) is 6. The Bertz CT molecular complexity index is 2550. The Hall–Kier alpha value is -5.97. The molecule has 69 heavy (non-hydrogen) atoms. The number of aryl methyl sites for hydroxylation is 1.